The van der Waals surface area contributed by atoms with Crippen molar-refractivity contribution in [3.63, 3.8) is 0 Å². The van der Waals surface area contributed by atoms with E-state index in [1.54, 1.807) is 24.3 Å². The van der Waals surface area contributed by atoms with Crippen molar-refractivity contribution >= 4 is 44.8 Å². The van der Waals surface area contributed by atoms with Crippen LogP contribution in [-0.2, 0) is 0 Å². The fourth-order valence-corrected chi connectivity index (χ4v) is 4.96. The number of nitro groups is 1. The Hall–Kier alpha value is -3.43. The Morgan fingerprint density at radius 2 is 1.64 bits per heavy atom. The Morgan fingerprint density at radius 3 is 2.25 bits per heavy atom. The molecular weight excluding hydrogens is 543 g/mol. The SMILES string of the molecule is Br.CC(C)c1ccc(C2CC(c3ccc(F)cc3)=NN2c2nc(-c3ccc([N+](=O)[O-])cc3)cs2)cc1. The molecule has 1 aliphatic heterocycles. The maximum absolute atomic E-state index is 13.5. The van der Waals surface area contributed by atoms with Gasteiger partial charge in [0.2, 0.25) is 5.13 Å². The molecule has 0 fully saturated rings. The lowest BCUT2D eigenvalue weighted by Crippen LogP contribution is -2.18. The second kappa shape index (κ2) is 10.7. The van der Waals surface area contributed by atoms with Crippen molar-refractivity contribution in [1.82, 2.24) is 4.98 Å². The molecule has 1 atom stereocenters. The van der Waals surface area contributed by atoms with E-state index >= 15 is 0 Å². The minimum absolute atomic E-state index is 0. The highest BCUT2D eigenvalue weighted by Crippen LogP contribution is 2.39. The third-order valence-corrected chi connectivity index (χ3v) is 6.97. The molecule has 0 saturated carbocycles. The summed E-state index contributed by atoms with van der Waals surface area (Å²) in [5, 5.41) is 20.5. The van der Waals surface area contributed by atoms with Gasteiger partial charge in [0, 0.05) is 29.5 Å². The number of nitrogens with zero attached hydrogens (tertiary/aromatic N) is 4. The first-order valence-corrected chi connectivity index (χ1v) is 12.2. The van der Waals surface area contributed by atoms with Crippen molar-refractivity contribution in [2.24, 2.45) is 5.10 Å². The summed E-state index contributed by atoms with van der Waals surface area (Å²) in [5.41, 5.74) is 5.73. The second-order valence-electron chi connectivity index (χ2n) is 8.76. The van der Waals surface area contributed by atoms with Gasteiger partial charge in [0.15, 0.2) is 0 Å². The first kappa shape index (κ1) is 25.7. The van der Waals surface area contributed by atoms with E-state index in [0.29, 0.717) is 12.3 Å². The average molecular weight is 567 g/mol. The number of anilines is 1. The van der Waals surface area contributed by atoms with Crippen LogP contribution in [0.25, 0.3) is 11.3 Å². The van der Waals surface area contributed by atoms with E-state index in [1.807, 2.05) is 10.4 Å². The van der Waals surface area contributed by atoms with Gasteiger partial charge in [0.1, 0.15) is 5.82 Å². The molecule has 2 heterocycles. The third-order valence-electron chi connectivity index (χ3n) is 6.14. The number of hydrogen-bond acceptors (Lipinski definition) is 6. The highest BCUT2D eigenvalue weighted by atomic mass is 79.9. The number of hydrogen-bond donors (Lipinski definition) is 0. The summed E-state index contributed by atoms with van der Waals surface area (Å²) < 4.78 is 13.5. The van der Waals surface area contributed by atoms with Crippen LogP contribution in [0.3, 0.4) is 0 Å². The zero-order valence-electron chi connectivity index (χ0n) is 19.7. The van der Waals surface area contributed by atoms with E-state index in [1.165, 1.54) is 41.2 Å². The molecule has 0 saturated heterocycles. The fourth-order valence-electron chi connectivity index (χ4n) is 4.12. The first-order valence-electron chi connectivity index (χ1n) is 11.3. The molecule has 1 unspecified atom stereocenters. The van der Waals surface area contributed by atoms with Crippen LogP contribution in [0, 0.1) is 15.9 Å². The summed E-state index contributed by atoms with van der Waals surface area (Å²) in [6, 6.07) is 21.3. The largest absolute Gasteiger partial charge is 0.269 e. The van der Waals surface area contributed by atoms with E-state index in [0.717, 1.165) is 33.2 Å². The molecule has 0 N–H and O–H groups in total. The molecule has 0 spiro atoms. The number of non-ortho nitro benzene ring substituents is 1. The zero-order valence-corrected chi connectivity index (χ0v) is 22.2. The smallest absolute Gasteiger partial charge is 0.258 e. The van der Waals surface area contributed by atoms with Crippen molar-refractivity contribution in [3.8, 4) is 11.3 Å². The summed E-state index contributed by atoms with van der Waals surface area (Å²) >= 11 is 1.47. The minimum Gasteiger partial charge on any atom is -0.258 e. The Balaban J connectivity index is 0.00000304. The quantitative estimate of drug-likeness (QED) is 0.175. The molecule has 4 aromatic rings. The van der Waals surface area contributed by atoms with E-state index in [4.69, 9.17) is 10.1 Å². The molecule has 0 aliphatic carbocycles. The summed E-state index contributed by atoms with van der Waals surface area (Å²) in [5.74, 6) is 0.163. The molecule has 0 bridgehead atoms. The van der Waals surface area contributed by atoms with Crippen LogP contribution in [0.1, 0.15) is 48.9 Å². The van der Waals surface area contributed by atoms with Crippen molar-refractivity contribution in [2.45, 2.75) is 32.2 Å². The van der Waals surface area contributed by atoms with Gasteiger partial charge in [0.05, 0.1) is 22.4 Å². The first-order chi connectivity index (χ1) is 16.9. The van der Waals surface area contributed by atoms with Gasteiger partial charge in [-0.25, -0.2) is 14.4 Å². The van der Waals surface area contributed by atoms with Gasteiger partial charge in [-0.2, -0.15) is 5.10 Å². The Kier molecular flexibility index (Phi) is 7.61. The predicted molar refractivity (Wildman–Crippen MR) is 148 cm³/mol. The number of halogens is 2. The van der Waals surface area contributed by atoms with Crippen molar-refractivity contribution in [1.29, 1.82) is 0 Å². The van der Waals surface area contributed by atoms with Crippen LogP contribution in [0.2, 0.25) is 0 Å². The van der Waals surface area contributed by atoms with Gasteiger partial charge < -0.3 is 0 Å². The molecule has 6 nitrogen and oxygen atoms in total. The van der Waals surface area contributed by atoms with E-state index in [-0.39, 0.29) is 34.5 Å². The van der Waals surface area contributed by atoms with Gasteiger partial charge in [0.25, 0.3) is 5.69 Å². The van der Waals surface area contributed by atoms with Crippen LogP contribution in [-0.4, -0.2) is 15.6 Å². The van der Waals surface area contributed by atoms with Crippen LogP contribution >= 0.6 is 28.3 Å². The van der Waals surface area contributed by atoms with Crippen LogP contribution < -0.4 is 5.01 Å². The molecule has 1 aromatic heterocycles. The number of thiazole rings is 1. The highest BCUT2D eigenvalue weighted by molar-refractivity contribution is 8.93. The summed E-state index contributed by atoms with van der Waals surface area (Å²) in [4.78, 5) is 15.4. The maximum atomic E-state index is 13.5. The Bertz CT molecular complexity index is 1390. The molecule has 36 heavy (non-hydrogen) atoms. The van der Waals surface area contributed by atoms with Gasteiger partial charge in [-0.3, -0.25) is 10.1 Å². The highest BCUT2D eigenvalue weighted by Gasteiger charge is 2.32. The topological polar surface area (TPSA) is 71.6 Å². The normalized spacial score (nSPS) is 15.1. The maximum Gasteiger partial charge on any atom is 0.269 e. The van der Waals surface area contributed by atoms with Gasteiger partial charge in [-0.15, -0.1) is 28.3 Å². The second-order valence-corrected chi connectivity index (χ2v) is 9.60. The summed E-state index contributed by atoms with van der Waals surface area (Å²) in [6.07, 6.45) is 0.666. The summed E-state index contributed by atoms with van der Waals surface area (Å²) in [7, 11) is 0. The molecule has 0 radical (unpaired) electrons. The Morgan fingerprint density at radius 1 is 1.00 bits per heavy atom. The lowest BCUT2D eigenvalue weighted by Gasteiger charge is -2.21. The van der Waals surface area contributed by atoms with Crippen LogP contribution in [0.15, 0.2) is 83.3 Å². The minimum atomic E-state index is -0.415. The van der Waals surface area contributed by atoms with Crippen molar-refractivity contribution < 1.29 is 9.31 Å². The van der Waals surface area contributed by atoms with E-state index in [9.17, 15) is 14.5 Å². The molecule has 1 aliphatic rings. The molecule has 0 amide bonds. The number of rotatable bonds is 6. The molecule has 184 valence electrons. The predicted octanol–water partition coefficient (Wildman–Crippen LogP) is 7.91. The van der Waals surface area contributed by atoms with Gasteiger partial charge >= 0.3 is 0 Å². The number of benzene rings is 3. The molecule has 9 heteroatoms. The number of nitro benzene ring substituents is 1. The zero-order chi connectivity index (χ0) is 24.5. The van der Waals surface area contributed by atoms with E-state index in [2.05, 4.69) is 38.1 Å². The lowest BCUT2D eigenvalue weighted by molar-refractivity contribution is -0.384. The lowest BCUT2D eigenvalue weighted by atomic mass is 9.95. The van der Waals surface area contributed by atoms with Crippen molar-refractivity contribution in [2.75, 3.05) is 5.01 Å². The van der Waals surface area contributed by atoms with Crippen LogP contribution in [0.4, 0.5) is 15.2 Å². The summed E-state index contributed by atoms with van der Waals surface area (Å²) in [6.45, 7) is 4.34. The molecular formula is C27H24BrFN4O2S. The Labute approximate surface area is 223 Å². The van der Waals surface area contributed by atoms with Gasteiger partial charge in [-0.05, 0) is 46.9 Å². The standard InChI is InChI=1S/C27H23FN4O2S.BrH/c1-17(2)18-3-5-21(6-4-18)26-15-24(19-7-11-22(28)12-8-19)30-31(26)27-29-25(16-35-27)20-9-13-23(14-10-20)32(33)34;/h3-14,16-17,26H,15H2,1-2H3;1H. The monoisotopic (exact) mass is 566 g/mol. The third kappa shape index (κ3) is 5.22. The van der Waals surface area contributed by atoms with Gasteiger partial charge in [-0.1, -0.05) is 50.2 Å². The van der Waals surface area contributed by atoms with E-state index < -0.39 is 4.92 Å². The number of aromatic nitrogens is 1. The number of hydrazone groups is 1. The van der Waals surface area contributed by atoms with Crippen molar-refractivity contribution in [3.05, 3.63) is 111 Å². The molecule has 3 aromatic carbocycles. The fraction of sp³-hybridized carbons (Fsp3) is 0.185. The molecule has 5 rings (SSSR count). The average Bonchev–Trinajstić information content (AvgIpc) is 3.52. The van der Waals surface area contributed by atoms with Crippen LogP contribution in [0.5, 0.6) is 0 Å².